The number of ether oxygens (including phenoxy) is 1. The van der Waals surface area contributed by atoms with E-state index in [0.717, 1.165) is 49.3 Å². The number of carbonyl (C=O) groups is 2. The lowest BCUT2D eigenvalue weighted by atomic mass is 10.0. The van der Waals surface area contributed by atoms with Crippen molar-refractivity contribution in [2.45, 2.75) is 46.6 Å². The van der Waals surface area contributed by atoms with Crippen LogP contribution in [0.2, 0.25) is 0 Å². The van der Waals surface area contributed by atoms with Crippen molar-refractivity contribution in [2.24, 2.45) is 0 Å². The number of unbranched alkanes of at least 4 members (excludes halogenated alkanes) is 1. The Morgan fingerprint density at radius 1 is 1.29 bits per heavy atom. The van der Waals surface area contributed by atoms with Crippen LogP contribution in [0, 0.1) is 0 Å². The third-order valence-electron chi connectivity index (χ3n) is 4.11. The summed E-state index contributed by atoms with van der Waals surface area (Å²) in [7, 11) is 0. The van der Waals surface area contributed by atoms with Crippen LogP contribution in [0.5, 0.6) is 0 Å². The van der Waals surface area contributed by atoms with Crippen LogP contribution >= 0.6 is 11.3 Å². The van der Waals surface area contributed by atoms with Crippen molar-refractivity contribution >= 4 is 28.3 Å². The summed E-state index contributed by atoms with van der Waals surface area (Å²) in [5.74, 6) is -0.344. The van der Waals surface area contributed by atoms with Gasteiger partial charge in [-0.25, -0.2) is 9.59 Å². The summed E-state index contributed by atoms with van der Waals surface area (Å²) in [6.45, 7) is 9.68. The Labute approximate surface area is 147 Å². The van der Waals surface area contributed by atoms with Gasteiger partial charge in [0.15, 0.2) is 0 Å². The maximum Gasteiger partial charge on any atom is 0.341 e. The average molecular weight is 353 g/mol. The summed E-state index contributed by atoms with van der Waals surface area (Å²) < 4.78 is 5.21. The Kier molecular flexibility index (Phi) is 7.05. The van der Waals surface area contributed by atoms with Gasteiger partial charge in [0, 0.05) is 24.5 Å². The zero-order valence-electron chi connectivity index (χ0n) is 14.7. The number of anilines is 1. The maximum atomic E-state index is 12.4. The van der Waals surface area contributed by atoms with Gasteiger partial charge < -0.3 is 10.1 Å². The first-order valence-electron chi connectivity index (χ1n) is 8.69. The van der Waals surface area contributed by atoms with Crippen LogP contribution in [0.3, 0.4) is 0 Å². The van der Waals surface area contributed by atoms with E-state index in [-0.39, 0.29) is 12.0 Å². The molecule has 0 radical (unpaired) electrons. The third kappa shape index (κ3) is 4.48. The van der Waals surface area contributed by atoms with Crippen molar-refractivity contribution in [1.29, 1.82) is 0 Å². The van der Waals surface area contributed by atoms with E-state index in [1.54, 1.807) is 6.92 Å². The maximum absolute atomic E-state index is 12.4. The molecule has 0 atom stereocenters. The molecule has 6 nitrogen and oxygen atoms in total. The van der Waals surface area contributed by atoms with E-state index in [0.29, 0.717) is 23.7 Å². The number of urea groups is 1. The molecule has 0 aromatic carbocycles. The number of nitrogens with one attached hydrogen (secondary N) is 2. The topological polar surface area (TPSA) is 70.7 Å². The fourth-order valence-electron chi connectivity index (χ4n) is 2.76. The molecule has 1 aliphatic heterocycles. The summed E-state index contributed by atoms with van der Waals surface area (Å²) in [6, 6.07) is -0.264. The second-order valence-electron chi connectivity index (χ2n) is 5.78. The average Bonchev–Trinajstić information content (AvgIpc) is 2.91. The summed E-state index contributed by atoms with van der Waals surface area (Å²) in [5, 5.41) is 6.27. The first-order chi connectivity index (χ1) is 11.6. The van der Waals surface area contributed by atoms with Crippen molar-refractivity contribution in [2.75, 3.05) is 31.6 Å². The van der Waals surface area contributed by atoms with E-state index in [2.05, 4.69) is 29.4 Å². The standard InChI is InChI=1S/C17H27N3O3S/c1-4-7-9-18-17(22)19-15-14(16(21)23-6-3)12-8-10-20(5-2)11-13(12)24-15/h4-11H2,1-3H3,(H2,18,19,22). The van der Waals surface area contributed by atoms with Gasteiger partial charge in [-0.05, 0) is 31.9 Å². The normalized spacial score (nSPS) is 14.1. The molecule has 0 saturated carbocycles. The summed E-state index contributed by atoms with van der Waals surface area (Å²) >= 11 is 1.49. The fraction of sp³-hybridized carbons (Fsp3) is 0.647. The SMILES string of the molecule is CCCCNC(=O)Nc1sc2c(c1C(=O)OCC)CCN(CC)C2. The molecule has 1 aliphatic rings. The van der Waals surface area contributed by atoms with Crippen LogP contribution in [0.4, 0.5) is 9.80 Å². The Morgan fingerprint density at radius 2 is 2.08 bits per heavy atom. The minimum absolute atomic E-state index is 0.264. The molecule has 0 spiro atoms. The monoisotopic (exact) mass is 353 g/mol. The first kappa shape index (κ1) is 18.7. The third-order valence-corrected chi connectivity index (χ3v) is 5.24. The van der Waals surface area contributed by atoms with E-state index in [4.69, 9.17) is 4.74 Å². The molecular formula is C17H27N3O3S. The molecular weight excluding hydrogens is 326 g/mol. The molecule has 0 bridgehead atoms. The minimum Gasteiger partial charge on any atom is -0.462 e. The second-order valence-corrected chi connectivity index (χ2v) is 6.89. The number of esters is 1. The molecule has 7 heteroatoms. The van der Waals surface area contributed by atoms with Crippen molar-refractivity contribution < 1.29 is 14.3 Å². The lowest BCUT2D eigenvalue weighted by Crippen LogP contribution is -2.30. The summed E-state index contributed by atoms with van der Waals surface area (Å²) in [6.07, 6.45) is 2.77. The lowest BCUT2D eigenvalue weighted by Gasteiger charge is -2.25. The number of hydrogen-bond donors (Lipinski definition) is 2. The van der Waals surface area contributed by atoms with Gasteiger partial charge in [-0.2, -0.15) is 0 Å². The number of hydrogen-bond acceptors (Lipinski definition) is 5. The van der Waals surface area contributed by atoms with E-state index in [1.807, 2.05) is 0 Å². The number of amides is 2. The zero-order valence-corrected chi connectivity index (χ0v) is 15.6. The lowest BCUT2D eigenvalue weighted by molar-refractivity contribution is 0.0526. The molecule has 134 valence electrons. The quantitative estimate of drug-likeness (QED) is 0.583. The predicted octanol–water partition coefficient (Wildman–Crippen LogP) is 3.22. The van der Waals surface area contributed by atoms with Gasteiger partial charge in [-0.15, -0.1) is 11.3 Å². The number of carbonyl (C=O) groups excluding carboxylic acids is 2. The largest absolute Gasteiger partial charge is 0.462 e. The minimum atomic E-state index is -0.344. The van der Waals surface area contributed by atoms with Crippen LogP contribution < -0.4 is 10.6 Å². The van der Waals surface area contributed by atoms with Crippen LogP contribution in [0.1, 0.15) is 54.4 Å². The van der Waals surface area contributed by atoms with Crippen LogP contribution in [0.15, 0.2) is 0 Å². The Hall–Kier alpha value is -1.60. The Bertz CT molecular complexity index is 586. The van der Waals surface area contributed by atoms with Gasteiger partial charge in [0.05, 0.1) is 12.2 Å². The number of thiophene rings is 1. The van der Waals surface area contributed by atoms with Crippen LogP contribution in [0.25, 0.3) is 0 Å². The van der Waals surface area contributed by atoms with Crippen molar-refractivity contribution in [1.82, 2.24) is 10.2 Å². The molecule has 24 heavy (non-hydrogen) atoms. The Morgan fingerprint density at radius 3 is 2.75 bits per heavy atom. The fourth-order valence-corrected chi connectivity index (χ4v) is 4.03. The van der Waals surface area contributed by atoms with E-state index < -0.39 is 0 Å². The smallest absolute Gasteiger partial charge is 0.341 e. The highest BCUT2D eigenvalue weighted by molar-refractivity contribution is 7.17. The van der Waals surface area contributed by atoms with E-state index in [9.17, 15) is 9.59 Å². The summed E-state index contributed by atoms with van der Waals surface area (Å²) in [4.78, 5) is 27.9. The van der Waals surface area contributed by atoms with Gasteiger partial charge in [-0.3, -0.25) is 10.2 Å². The molecule has 2 rings (SSSR count). The highest BCUT2D eigenvalue weighted by Crippen LogP contribution is 2.37. The number of nitrogens with zero attached hydrogens (tertiary/aromatic N) is 1. The molecule has 2 amide bonds. The molecule has 1 aromatic rings. The van der Waals surface area contributed by atoms with Gasteiger partial charge in [-0.1, -0.05) is 20.3 Å². The number of rotatable bonds is 7. The van der Waals surface area contributed by atoms with Crippen molar-refractivity contribution in [3.8, 4) is 0 Å². The zero-order chi connectivity index (χ0) is 17.5. The predicted molar refractivity (Wildman–Crippen MR) is 96.9 cm³/mol. The number of likely N-dealkylation sites (N-methyl/N-ethyl adjacent to an activating group) is 1. The van der Waals surface area contributed by atoms with Gasteiger partial charge >= 0.3 is 12.0 Å². The number of fused-ring (bicyclic) bond motifs is 1. The first-order valence-corrected chi connectivity index (χ1v) is 9.51. The highest BCUT2D eigenvalue weighted by atomic mass is 32.1. The van der Waals surface area contributed by atoms with Crippen LogP contribution in [-0.2, 0) is 17.7 Å². The molecule has 0 aliphatic carbocycles. The molecule has 2 N–H and O–H groups in total. The molecule has 0 unspecified atom stereocenters. The molecule has 0 saturated heterocycles. The van der Waals surface area contributed by atoms with Gasteiger partial charge in [0.1, 0.15) is 5.00 Å². The molecule has 2 heterocycles. The van der Waals surface area contributed by atoms with Crippen LogP contribution in [-0.4, -0.2) is 43.1 Å². The summed E-state index contributed by atoms with van der Waals surface area (Å²) in [5.41, 5.74) is 1.57. The van der Waals surface area contributed by atoms with Crippen molar-refractivity contribution in [3.05, 3.63) is 16.0 Å². The van der Waals surface area contributed by atoms with Gasteiger partial charge in [0.2, 0.25) is 0 Å². The van der Waals surface area contributed by atoms with Gasteiger partial charge in [0.25, 0.3) is 0 Å². The highest BCUT2D eigenvalue weighted by Gasteiger charge is 2.29. The van der Waals surface area contributed by atoms with E-state index >= 15 is 0 Å². The molecule has 0 fully saturated rings. The van der Waals surface area contributed by atoms with Crippen molar-refractivity contribution in [3.63, 3.8) is 0 Å². The molecule has 1 aromatic heterocycles. The second kappa shape index (κ2) is 9.03. The Balaban J connectivity index is 2.21. The van der Waals surface area contributed by atoms with E-state index in [1.165, 1.54) is 11.3 Å².